The predicted molar refractivity (Wildman–Crippen MR) is 198 cm³/mol. The van der Waals surface area contributed by atoms with Gasteiger partial charge in [-0.3, -0.25) is 9.36 Å². The number of carbonyl (C=O) groups is 1. The standard InChI is InChI=1S/C41H36N4O3S/c1-5-48-40(47)36-27(2)42-41-45(38(36)30-21-23-32(24-22-30)43(3)4)39(46)35(49-41)26-31-25-34(28-15-9-6-10-16-28)44(33-19-13-8-14-20-33)37(31)29-17-11-7-12-18-29/h6-26,38H,5H2,1-4H3/b35-26-/t38-/m1/s1. The van der Waals surface area contributed by atoms with Gasteiger partial charge in [0.25, 0.3) is 5.56 Å². The van der Waals surface area contributed by atoms with E-state index in [0.29, 0.717) is 20.6 Å². The first-order valence-electron chi connectivity index (χ1n) is 16.2. The number of nitrogens with zero attached hydrogens (tertiary/aromatic N) is 4. The highest BCUT2D eigenvalue weighted by molar-refractivity contribution is 7.07. The van der Waals surface area contributed by atoms with E-state index in [1.165, 1.54) is 11.3 Å². The molecular formula is C41H36N4O3S. The lowest BCUT2D eigenvalue weighted by molar-refractivity contribution is -0.139. The molecule has 1 aliphatic heterocycles. The van der Waals surface area contributed by atoms with Crippen LogP contribution < -0.4 is 19.8 Å². The zero-order chi connectivity index (χ0) is 34.1. The van der Waals surface area contributed by atoms with Gasteiger partial charge < -0.3 is 14.2 Å². The molecule has 0 saturated carbocycles. The van der Waals surface area contributed by atoms with Gasteiger partial charge in [-0.15, -0.1) is 0 Å². The van der Waals surface area contributed by atoms with Gasteiger partial charge in [-0.1, -0.05) is 102 Å². The van der Waals surface area contributed by atoms with Gasteiger partial charge in [0.15, 0.2) is 4.80 Å². The smallest absolute Gasteiger partial charge is 0.338 e. The molecule has 0 N–H and O–H groups in total. The Hall–Kier alpha value is -5.73. The summed E-state index contributed by atoms with van der Waals surface area (Å²) in [7, 11) is 3.95. The van der Waals surface area contributed by atoms with Crippen LogP contribution in [-0.4, -0.2) is 35.8 Å². The highest BCUT2D eigenvalue weighted by atomic mass is 32.1. The monoisotopic (exact) mass is 664 g/mol. The van der Waals surface area contributed by atoms with Crippen molar-refractivity contribution in [3.8, 4) is 28.2 Å². The van der Waals surface area contributed by atoms with E-state index in [2.05, 4.69) is 47.0 Å². The number of anilines is 1. The lowest BCUT2D eigenvalue weighted by Gasteiger charge is -2.25. The number of fused-ring (bicyclic) bond motifs is 1. The topological polar surface area (TPSA) is 68.8 Å². The van der Waals surface area contributed by atoms with Gasteiger partial charge in [0.1, 0.15) is 0 Å². The van der Waals surface area contributed by atoms with Crippen LogP contribution >= 0.6 is 11.3 Å². The molecule has 244 valence electrons. The van der Waals surface area contributed by atoms with E-state index in [9.17, 15) is 9.59 Å². The fourth-order valence-electron chi connectivity index (χ4n) is 6.40. The van der Waals surface area contributed by atoms with Crippen molar-refractivity contribution in [3.05, 3.63) is 163 Å². The van der Waals surface area contributed by atoms with Crippen molar-refractivity contribution in [1.29, 1.82) is 0 Å². The number of hydrogen-bond acceptors (Lipinski definition) is 6. The predicted octanol–water partition coefficient (Wildman–Crippen LogP) is 6.99. The number of allylic oxidation sites excluding steroid dienone is 1. The summed E-state index contributed by atoms with van der Waals surface area (Å²) in [5.41, 5.74) is 8.47. The first kappa shape index (κ1) is 31.8. The van der Waals surface area contributed by atoms with Crippen molar-refractivity contribution in [3.63, 3.8) is 0 Å². The molecule has 0 amide bonds. The third-order valence-electron chi connectivity index (χ3n) is 8.69. The summed E-state index contributed by atoms with van der Waals surface area (Å²) in [6, 6.07) is 40.2. The highest BCUT2D eigenvalue weighted by Gasteiger charge is 2.33. The fourth-order valence-corrected chi connectivity index (χ4v) is 7.44. The molecular weight excluding hydrogens is 629 g/mol. The largest absolute Gasteiger partial charge is 0.463 e. The minimum Gasteiger partial charge on any atom is -0.463 e. The van der Waals surface area contributed by atoms with Gasteiger partial charge in [-0.05, 0) is 66.9 Å². The Morgan fingerprint density at radius 1 is 0.878 bits per heavy atom. The summed E-state index contributed by atoms with van der Waals surface area (Å²) in [6.07, 6.45) is 1.97. The molecule has 2 aromatic heterocycles. The Morgan fingerprint density at radius 3 is 2.10 bits per heavy atom. The van der Waals surface area contributed by atoms with Crippen LogP contribution in [0.3, 0.4) is 0 Å². The Bertz CT molecular complexity index is 2350. The lowest BCUT2D eigenvalue weighted by atomic mass is 9.95. The van der Waals surface area contributed by atoms with Gasteiger partial charge in [0.05, 0.1) is 39.8 Å². The molecule has 7 nitrogen and oxygen atoms in total. The summed E-state index contributed by atoms with van der Waals surface area (Å²) in [5.74, 6) is -0.474. The van der Waals surface area contributed by atoms with E-state index in [0.717, 1.165) is 45.0 Å². The number of esters is 1. The van der Waals surface area contributed by atoms with Gasteiger partial charge in [0.2, 0.25) is 0 Å². The molecule has 1 aliphatic rings. The van der Waals surface area contributed by atoms with Gasteiger partial charge >= 0.3 is 5.97 Å². The number of thiazole rings is 1. The van der Waals surface area contributed by atoms with Crippen LogP contribution in [0.1, 0.15) is 31.0 Å². The molecule has 7 rings (SSSR count). The van der Waals surface area contributed by atoms with E-state index >= 15 is 0 Å². The molecule has 0 unspecified atom stereocenters. The number of ether oxygens (including phenoxy) is 1. The number of aromatic nitrogens is 2. The van der Waals surface area contributed by atoms with Gasteiger partial charge in [0, 0.05) is 31.0 Å². The second kappa shape index (κ2) is 13.4. The Balaban J connectivity index is 1.49. The van der Waals surface area contributed by atoms with Crippen LogP contribution in [0.4, 0.5) is 5.69 Å². The number of hydrogen-bond donors (Lipinski definition) is 0. The second-order valence-electron chi connectivity index (χ2n) is 12.0. The van der Waals surface area contributed by atoms with Crippen LogP contribution in [-0.2, 0) is 9.53 Å². The number of para-hydroxylation sites is 1. The number of rotatable bonds is 8. The van der Waals surface area contributed by atoms with E-state index in [1.807, 2.05) is 111 Å². The Kier molecular flexibility index (Phi) is 8.72. The normalized spacial score (nSPS) is 14.4. The maximum Gasteiger partial charge on any atom is 0.338 e. The Morgan fingerprint density at radius 2 is 1.49 bits per heavy atom. The van der Waals surface area contributed by atoms with E-state index in [-0.39, 0.29) is 12.2 Å². The van der Waals surface area contributed by atoms with Crippen LogP contribution in [0.15, 0.2) is 142 Å². The maximum atomic E-state index is 14.6. The van der Waals surface area contributed by atoms with Crippen molar-refractivity contribution < 1.29 is 9.53 Å². The highest BCUT2D eigenvalue weighted by Crippen LogP contribution is 2.37. The summed E-state index contributed by atoms with van der Waals surface area (Å²) in [5, 5.41) is 0. The van der Waals surface area contributed by atoms with Crippen molar-refractivity contribution in [2.45, 2.75) is 19.9 Å². The molecule has 8 heteroatoms. The van der Waals surface area contributed by atoms with E-state index < -0.39 is 12.0 Å². The van der Waals surface area contributed by atoms with Gasteiger partial charge in [-0.2, -0.15) is 0 Å². The van der Waals surface area contributed by atoms with Crippen molar-refractivity contribution in [2.75, 3.05) is 25.6 Å². The molecule has 49 heavy (non-hydrogen) atoms. The summed E-state index contributed by atoms with van der Waals surface area (Å²) >= 11 is 1.33. The molecule has 1 atom stereocenters. The van der Waals surface area contributed by atoms with E-state index in [1.54, 1.807) is 11.5 Å². The average Bonchev–Trinajstić information content (AvgIpc) is 3.65. The second-order valence-corrected chi connectivity index (χ2v) is 13.0. The minimum atomic E-state index is -0.684. The van der Waals surface area contributed by atoms with Crippen LogP contribution in [0.25, 0.3) is 34.3 Å². The lowest BCUT2D eigenvalue weighted by Crippen LogP contribution is -2.40. The molecule has 0 aliphatic carbocycles. The minimum absolute atomic E-state index is 0.215. The summed E-state index contributed by atoms with van der Waals surface area (Å²) < 4.78 is 9.93. The maximum absolute atomic E-state index is 14.6. The van der Waals surface area contributed by atoms with Gasteiger partial charge in [-0.25, -0.2) is 9.79 Å². The first-order valence-corrected chi connectivity index (χ1v) is 17.1. The summed E-state index contributed by atoms with van der Waals surface area (Å²) in [4.78, 5) is 35.4. The van der Waals surface area contributed by atoms with Crippen molar-refractivity contribution in [2.24, 2.45) is 4.99 Å². The Labute approximate surface area is 289 Å². The molecule has 3 heterocycles. The van der Waals surface area contributed by atoms with Crippen LogP contribution in [0.2, 0.25) is 0 Å². The van der Waals surface area contributed by atoms with Crippen molar-refractivity contribution >= 4 is 29.1 Å². The zero-order valence-corrected chi connectivity index (χ0v) is 28.6. The van der Waals surface area contributed by atoms with Crippen LogP contribution in [0.5, 0.6) is 0 Å². The molecule has 0 fully saturated rings. The third kappa shape index (κ3) is 5.96. The number of carbonyl (C=O) groups excluding carboxylic acids is 1. The third-order valence-corrected chi connectivity index (χ3v) is 9.67. The molecule has 0 saturated heterocycles. The SMILES string of the molecule is CCOC(=O)C1=C(C)N=c2s/c(=C\c3cc(-c4ccccc4)n(-c4ccccc4)c3-c3ccccc3)c(=O)n2[C@@H]1c1ccc(N(C)C)cc1. The fraction of sp³-hybridized carbons (Fsp3) is 0.146. The number of benzene rings is 4. The summed E-state index contributed by atoms with van der Waals surface area (Å²) in [6.45, 7) is 3.81. The van der Waals surface area contributed by atoms with Crippen LogP contribution in [0, 0.1) is 0 Å². The quantitative estimate of drug-likeness (QED) is 0.165. The molecule has 4 aromatic carbocycles. The average molecular weight is 665 g/mol. The van der Waals surface area contributed by atoms with Crippen molar-refractivity contribution in [1.82, 2.24) is 9.13 Å². The molecule has 0 spiro atoms. The molecule has 6 aromatic rings. The molecule has 0 radical (unpaired) electrons. The molecule has 0 bridgehead atoms. The first-order chi connectivity index (χ1) is 23.9. The zero-order valence-electron chi connectivity index (χ0n) is 27.8. The van der Waals surface area contributed by atoms with E-state index in [4.69, 9.17) is 9.73 Å².